The van der Waals surface area contributed by atoms with Crippen LogP contribution in [0, 0.1) is 0 Å². The van der Waals surface area contributed by atoms with E-state index < -0.39 is 0 Å². The Bertz CT molecular complexity index is 357. The minimum absolute atomic E-state index is 0.464. The van der Waals surface area contributed by atoms with Gasteiger partial charge in [-0.1, -0.05) is 30.3 Å². The molecule has 0 saturated carbocycles. The van der Waals surface area contributed by atoms with Gasteiger partial charge in [0.2, 0.25) is 0 Å². The molecule has 2 nitrogen and oxygen atoms in total. The Labute approximate surface area is 88.1 Å². The van der Waals surface area contributed by atoms with Crippen LogP contribution in [0.3, 0.4) is 0 Å². The fourth-order valence-electron chi connectivity index (χ4n) is 1.19. The summed E-state index contributed by atoms with van der Waals surface area (Å²) < 4.78 is 10.6. The molecule has 1 aromatic rings. The summed E-state index contributed by atoms with van der Waals surface area (Å²) in [4.78, 5) is 0. The second kappa shape index (κ2) is 4.24. The van der Waals surface area contributed by atoms with Crippen molar-refractivity contribution in [2.24, 2.45) is 0 Å². The van der Waals surface area contributed by atoms with E-state index in [0.717, 1.165) is 11.3 Å². The molecule has 1 aliphatic heterocycles. The van der Waals surface area contributed by atoms with Crippen molar-refractivity contribution in [1.29, 1.82) is 0 Å². The van der Waals surface area contributed by atoms with E-state index in [9.17, 15) is 0 Å². The fraction of sp³-hybridized carbons (Fsp3) is 0.182. The van der Waals surface area contributed by atoms with Gasteiger partial charge in [-0.3, -0.25) is 0 Å². The fourth-order valence-corrected chi connectivity index (χ4v) is 1.38. The summed E-state index contributed by atoms with van der Waals surface area (Å²) in [7, 11) is 0. The van der Waals surface area contributed by atoms with Crippen LogP contribution in [-0.4, -0.2) is 11.7 Å². The van der Waals surface area contributed by atoms with Crippen molar-refractivity contribution in [3.63, 3.8) is 0 Å². The number of benzene rings is 1. The normalized spacial score (nSPS) is 14.9. The Kier molecular flexibility index (Phi) is 2.79. The summed E-state index contributed by atoms with van der Waals surface area (Å²) in [5.41, 5.74) is 1.14. The second-order valence-corrected chi connectivity index (χ2v) is 3.40. The molecule has 0 bridgehead atoms. The highest BCUT2D eigenvalue weighted by atomic mass is 32.1. The van der Waals surface area contributed by atoms with E-state index in [1.54, 1.807) is 6.08 Å². The van der Waals surface area contributed by atoms with Gasteiger partial charge < -0.3 is 9.47 Å². The van der Waals surface area contributed by atoms with Gasteiger partial charge in [0.15, 0.2) is 5.05 Å². The molecule has 1 aliphatic rings. The third kappa shape index (κ3) is 2.33. The molecule has 0 saturated heterocycles. The smallest absolute Gasteiger partial charge is 0.187 e. The van der Waals surface area contributed by atoms with Gasteiger partial charge in [0, 0.05) is 6.08 Å². The van der Waals surface area contributed by atoms with E-state index in [-0.39, 0.29) is 0 Å². The van der Waals surface area contributed by atoms with Crippen LogP contribution in [-0.2, 0) is 16.1 Å². The van der Waals surface area contributed by atoms with Crippen LogP contribution in [0.4, 0.5) is 0 Å². The van der Waals surface area contributed by atoms with E-state index in [4.69, 9.17) is 21.7 Å². The Morgan fingerprint density at radius 2 is 2.07 bits per heavy atom. The first kappa shape index (κ1) is 9.21. The lowest BCUT2D eigenvalue weighted by atomic mass is 10.2. The quantitative estimate of drug-likeness (QED) is 0.708. The van der Waals surface area contributed by atoms with Crippen molar-refractivity contribution >= 4 is 17.3 Å². The minimum atomic E-state index is 0.464. The number of ether oxygens (including phenoxy) is 2. The van der Waals surface area contributed by atoms with Crippen molar-refractivity contribution in [1.82, 2.24) is 0 Å². The summed E-state index contributed by atoms with van der Waals surface area (Å²) in [6, 6.07) is 10.0. The highest BCUT2D eigenvalue weighted by molar-refractivity contribution is 7.80. The Morgan fingerprint density at radius 1 is 1.29 bits per heavy atom. The number of hydrogen-bond donors (Lipinski definition) is 0. The largest absolute Gasteiger partial charge is 0.489 e. The molecular weight excluding hydrogens is 196 g/mol. The van der Waals surface area contributed by atoms with Crippen LogP contribution in [0.1, 0.15) is 5.56 Å². The van der Waals surface area contributed by atoms with Gasteiger partial charge in [0.25, 0.3) is 0 Å². The molecule has 14 heavy (non-hydrogen) atoms. The maximum Gasteiger partial charge on any atom is 0.187 e. The monoisotopic (exact) mass is 206 g/mol. The Balaban J connectivity index is 1.89. The molecular formula is C11H10O2S. The van der Waals surface area contributed by atoms with E-state index >= 15 is 0 Å². The van der Waals surface area contributed by atoms with Gasteiger partial charge in [-0.25, -0.2) is 0 Å². The molecule has 0 unspecified atom stereocenters. The molecule has 0 radical (unpaired) electrons. The third-order valence-electron chi connectivity index (χ3n) is 1.90. The third-order valence-corrected chi connectivity index (χ3v) is 2.14. The molecule has 0 spiro atoms. The van der Waals surface area contributed by atoms with Crippen molar-refractivity contribution < 1.29 is 9.47 Å². The lowest BCUT2D eigenvalue weighted by molar-refractivity contribution is 0.167. The van der Waals surface area contributed by atoms with Crippen molar-refractivity contribution in [3.8, 4) is 0 Å². The van der Waals surface area contributed by atoms with Gasteiger partial charge in [-0.05, 0) is 17.8 Å². The minimum Gasteiger partial charge on any atom is -0.489 e. The SMILES string of the molecule is S=C1C=C(OCc2ccccc2)CO1. The first-order valence-electron chi connectivity index (χ1n) is 4.38. The Hall–Kier alpha value is -1.35. The van der Waals surface area contributed by atoms with Crippen LogP contribution in [0.15, 0.2) is 42.2 Å². The zero-order valence-electron chi connectivity index (χ0n) is 7.60. The standard InChI is InChI=1S/C11H10O2S/c14-11-6-10(8-13-11)12-7-9-4-2-1-3-5-9/h1-6H,7-8H2. The molecule has 0 atom stereocenters. The van der Waals surface area contributed by atoms with E-state index in [0.29, 0.717) is 18.3 Å². The zero-order valence-corrected chi connectivity index (χ0v) is 8.42. The maximum atomic E-state index is 5.51. The predicted molar refractivity (Wildman–Crippen MR) is 57.9 cm³/mol. The van der Waals surface area contributed by atoms with Crippen LogP contribution >= 0.6 is 12.2 Å². The summed E-state index contributed by atoms with van der Waals surface area (Å²) in [6.07, 6.45) is 1.75. The van der Waals surface area contributed by atoms with E-state index in [2.05, 4.69) is 0 Å². The van der Waals surface area contributed by atoms with Crippen LogP contribution in [0.2, 0.25) is 0 Å². The highest BCUT2D eigenvalue weighted by Crippen LogP contribution is 2.11. The van der Waals surface area contributed by atoms with Gasteiger partial charge >= 0.3 is 0 Å². The van der Waals surface area contributed by atoms with Gasteiger partial charge in [-0.15, -0.1) is 0 Å². The van der Waals surface area contributed by atoms with E-state index in [1.807, 2.05) is 30.3 Å². The summed E-state index contributed by atoms with van der Waals surface area (Å²) >= 11 is 4.85. The molecule has 3 heteroatoms. The lowest BCUT2D eigenvalue weighted by Crippen LogP contribution is -1.95. The van der Waals surface area contributed by atoms with Crippen LogP contribution < -0.4 is 0 Å². The van der Waals surface area contributed by atoms with Crippen molar-refractivity contribution in [3.05, 3.63) is 47.7 Å². The molecule has 2 rings (SSSR count). The highest BCUT2D eigenvalue weighted by Gasteiger charge is 2.10. The molecule has 72 valence electrons. The molecule has 1 aromatic carbocycles. The molecule has 0 N–H and O–H groups in total. The predicted octanol–water partition coefficient (Wildman–Crippen LogP) is 2.44. The maximum absolute atomic E-state index is 5.51. The first-order valence-corrected chi connectivity index (χ1v) is 4.79. The van der Waals surface area contributed by atoms with Crippen molar-refractivity contribution in [2.45, 2.75) is 6.61 Å². The molecule has 0 amide bonds. The zero-order chi connectivity index (χ0) is 9.80. The number of hydrogen-bond acceptors (Lipinski definition) is 3. The van der Waals surface area contributed by atoms with Gasteiger partial charge in [0.05, 0.1) is 0 Å². The molecule has 0 aliphatic carbocycles. The summed E-state index contributed by atoms with van der Waals surface area (Å²) in [5.74, 6) is 0.804. The summed E-state index contributed by atoms with van der Waals surface area (Å²) in [6.45, 7) is 1.03. The number of rotatable bonds is 3. The molecule has 1 heterocycles. The number of thiocarbonyl (C=S) groups is 1. The van der Waals surface area contributed by atoms with E-state index in [1.165, 1.54) is 0 Å². The van der Waals surface area contributed by atoms with Gasteiger partial charge in [0.1, 0.15) is 19.0 Å². The van der Waals surface area contributed by atoms with Crippen LogP contribution in [0.25, 0.3) is 0 Å². The van der Waals surface area contributed by atoms with Gasteiger partial charge in [-0.2, -0.15) is 0 Å². The molecule has 0 aromatic heterocycles. The second-order valence-electron chi connectivity index (χ2n) is 2.99. The first-order chi connectivity index (χ1) is 6.84. The topological polar surface area (TPSA) is 18.5 Å². The van der Waals surface area contributed by atoms with Crippen LogP contribution in [0.5, 0.6) is 0 Å². The average molecular weight is 206 g/mol. The Morgan fingerprint density at radius 3 is 2.71 bits per heavy atom. The molecule has 0 fully saturated rings. The average Bonchev–Trinajstić information content (AvgIpc) is 2.63. The summed E-state index contributed by atoms with van der Waals surface area (Å²) in [5, 5.41) is 0.507. The lowest BCUT2D eigenvalue weighted by Gasteiger charge is -2.04. The van der Waals surface area contributed by atoms with Crippen molar-refractivity contribution in [2.75, 3.05) is 6.61 Å².